The van der Waals surface area contributed by atoms with Crippen LogP contribution >= 0.6 is 23.2 Å². The number of carbonyl (C=O) groups excluding carboxylic acids is 10. The lowest BCUT2D eigenvalue weighted by Crippen LogP contribution is -2.54. The number of ether oxygens (including phenoxy) is 4. The molecule has 18 rings (SSSR count). The van der Waals surface area contributed by atoms with Gasteiger partial charge in [0.2, 0.25) is 35.5 Å². The van der Waals surface area contributed by atoms with Crippen molar-refractivity contribution in [2.45, 2.75) is 229 Å². The van der Waals surface area contributed by atoms with E-state index in [4.69, 9.17) is 52.1 Å². The molecule has 684 valence electrons. The molecule has 4 aromatic heterocycles. The number of benzene rings is 4. The van der Waals surface area contributed by atoms with Crippen molar-refractivity contribution in [2.75, 3.05) is 86.0 Å². The summed E-state index contributed by atoms with van der Waals surface area (Å²) in [6, 6.07) is 22.4. The predicted molar refractivity (Wildman–Crippen MR) is 480 cm³/mol. The number of ketones is 2. The molecule has 0 radical (unpaired) electrons. The number of alkyl halides is 2. The minimum Gasteiger partial charge on any atom is -0.480 e. The largest absolute Gasteiger partial charge is 0.480 e. The van der Waals surface area contributed by atoms with Gasteiger partial charge in [-0.3, -0.25) is 87.8 Å². The van der Waals surface area contributed by atoms with E-state index in [-0.39, 0.29) is 157 Å². The molecule has 36 heteroatoms. The van der Waals surface area contributed by atoms with Crippen LogP contribution in [0.4, 0.5) is 43.7 Å². The van der Waals surface area contributed by atoms with E-state index in [2.05, 4.69) is 50.8 Å². The molecule has 6 saturated heterocycles. The van der Waals surface area contributed by atoms with Crippen molar-refractivity contribution < 1.29 is 75.7 Å². The number of amides is 8. The van der Waals surface area contributed by atoms with Gasteiger partial charge in [-0.05, 0) is 202 Å². The summed E-state index contributed by atoms with van der Waals surface area (Å²) in [6.07, 6.45) is 9.69. The van der Waals surface area contributed by atoms with Crippen LogP contribution in [-0.4, -0.2) is 234 Å². The maximum absolute atomic E-state index is 15.9. The Hall–Kier alpha value is -11.6. The molecule has 130 heavy (non-hydrogen) atoms. The van der Waals surface area contributed by atoms with E-state index in [0.717, 1.165) is 83.0 Å². The topological polar surface area (TPSA) is 371 Å². The highest BCUT2D eigenvalue weighted by Crippen LogP contribution is 2.44. The Bertz CT molecular complexity index is 5610. The van der Waals surface area contributed by atoms with Gasteiger partial charge in [-0.25, -0.2) is 18.7 Å². The molecule has 0 bridgehead atoms. The van der Waals surface area contributed by atoms with Gasteiger partial charge in [0.15, 0.2) is 34.7 Å². The average Bonchev–Trinajstić information content (AvgIpc) is 1.56. The third-order valence-electron chi connectivity index (χ3n) is 26.9. The number of likely N-dealkylation sites (tertiary alicyclic amines) is 2. The van der Waals surface area contributed by atoms with Gasteiger partial charge in [0.25, 0.3) is 34.7 Å². The molecule has 8 fully saturated rings. The summed E-state index contributed by atoms with van der Waals surface area (Å²) >= 11 is 13.2. The quantitative estimate of drug-likeness (QED) is 0.0366. The number of hydrogen-bond acceptors (Lipinski definition) is 26. The molecular formula is C94H104Cl2F2N16O16. The second-order valence-electron chi connectivity index (χ2n) is 35.9. The van der Waals surface area contributed by atoms with Gasteiger partial charge in [0.1, 0.15) is 47.7 Å². The van der Waals surface area contributed by atoms with E-state index >= 15 is 8.78 Å². The van der Waals surface area contributed by atoms with Crippen LogP contribution < -0.4 is 51.7 Å². The van der Waals surface area contributed by atoms with Crippen LogP contribution in [0.25, 0.3) is 21.8 Å². The second kappa shape index (κ2) is 38.1. The van der Waals surface area contributed by atoms with Crippen LogP contribution in [-0.2, 0) is 38.2 Å². The zero-order chi connectivity index (χ0) is 91.4. The summed E-state index contributed by atoms with van der Waals surface area (Å²) < 4.78 is 59.5. The first-order valence-electron chi connectivity index (χ1n) is 45.1. The number of piperidine rings is 6. The van der Waals surface area contributed by atoms with Crippen LogP contribution in [0, 0.1) is 0 Å². The molecule has 10 aliphatic rings. The SMILES string of the molecule is CCC(=O)COc1cc2cc(Nc3nc(N4CCC(OC5CC(N6CC[C@@H](c7ccc8c(c7)C(=O)N(C7CCC(=O)NC7=O)C8=O)[C@@H](F)C6)C5)CC4)ncc3Cl)ccc2n(C(C)C)c1=O.CCC(=O)COc1cc2cc(Nc3nc(N4CCC(OC5CC(N6CC[C@H](c7ccc8c(c7)C(=O)N(C7CCC(=O)NC7=O)C8=O)[C@H](F)C6)C5)CC4)ncc3Cl)ccc2n(C(C)C)c1=O. The minimum absolute atomic E-state index is 0.0408. The third-order valence-corrected chi connectivity index (χ3v) is 27.5. The fourth-order valence-electron chi connectivity index (χ4n) is 19.6. The fourth-order valence-corrected chi connectivity index (χ4v) is 19.8. The highest BCUT2D eigenvalue weighted by molar-refractivity contribution is 6.33. The van der Waals surface area contributed by atoms with E-state index in [1.807, 2.05) is 64.1 Å². The first-order valence-corrected chi connectivity index (χ1v) is 45.8. The zero-order valence-electron chi connectivity index (χ0n) is 73.1. The van der Waals surface area contributed by atoms with Gasteiger partial charge in [-0.15, -0.1) is 0 Å². The van der Waals surface area contributed by atoms with Gasteiger partial charge >= 0.3 is 0 Å². The second-order valence-corrected chi connectivity index (χ2v) is 36.7. The molecule has 0 spiro atoms. The fraction of sp³-hybridized carbons (Fsp3) is 0.489. The van der Waals surface area contributed by atoms with Crippen LogP contribution in [0.1, 0.15) is 221 Å². The van der Waals surface area contributed by atoms with Gasteiger partial charge < -0.3 is 48.5 Å². The summed E-state index contributed by atoms with van der Waals surface area (Å²) in [5, 5.41) is 13.2. The van der Waals surface area contributed by atoms with Crippen molar-refractivity contribution in [3.05, 3.63) is 161 Å². The Morgan fingerprint density at radius 2 is 0.862 bits per heavy atom. The Labute approximate surface area is 757 Å². The number of hydrogen-bond donors (Lipinski definition) is 4. The van der Waals surface area contributed by atoms with Gasteiger partial charge in [-0.1, -0.05) is 49.2 Å². The molecule has 2 aliphatic carbocycles. The number of Topliss-reactive ketones (excluding diaryl/α,β-unsaturated/α-hetero) is 2. The van der Waals surface area contributed by atoms with Crippen molar-refractivity contribution in [3.8, 4) is 11.5 Å². The number of nitrogens with zero attached hydrogens (tertiary/aromatic N) is 12. The summed E-state index contributed by atoms with van der Waals surface area (Å²) in [5.74, 6) is -3.39. The molecule has 8 aromatic rings. The number of nitrogens with one attached hydrogen (secondary N) is 4. The maximum atomic E-state index is 15.9. The normalized spacial score (nSPS) is 24.1. The van der Waals surface area contributed by atoms with Gasteiger partial charge in [0, 0.05) is 123 Å². The molecule has 4 aromatic carbocycles. The zero-order valence-corrected chi connectivity index (χ0v) is 74.6. The Morgan fingerprint density at radius 3 is 1.22 bits per heavy atom. The van der Waals surface area contributed by atoms with E-state index in [9.17, 15) is 57.5 Å². The molecule has 2 unspecified atom stereocenters. The first kappa shape index (κ1) is 90.4. The Balaban J connectivity index is 0.000000182. The summed E-state index contributed by atoms with van der Waals surface area (Å²) in [4.78, 5) is 181. The van der Waals surface area contributed by atoms with Crippen LogP contribution in [0.5, 0.6) is 11.5 Å². The summed E-state index contributed by atoms with van der Waals surface area (Å²) in [7, 11) is 0. The Morgan fingerprint density at radius 1 is 0.477 bits per heavy atom. The van der Waals surface area contributed by atoms with Crippen molar-refractivity contribution in [3.63, 3.8) is 0 Å². The number of carbonyl (C=O) groups is 10. The number of rotatable bonds is 26. The standard InChI is InChI=1S/2C47H52ClFN8O8/c2*1-4-30(58)24-64-40-19-27-17-28(6-8-38(27)56(25(2)3)46(40)63)51-42-36(48)22-50-47(53-42)54-14-11-31(12-15-54)65-32-20-29(21-32)55-16-13-33(37(49)23-55)26-5-7-34-35(18-26)45(62)57(44(34)61)39-9-10-41(59)52-43(39)60/h2*5-8,17-19,22,25,29,31-33,37,39H,4,9-16,20-21,23-24H2,1-3H3,(H,50,51,53)(H,52,59,60)/t2*29?,32?,33-,37-,39?/m10/s1. The van der Waals surface area contributed by atoms with E-state index in [1.54, 1.807) is 83.9 Å². The van der Waals surface area contributed by atoms with E-state index < -0.39 is 83.5 Å². The van der Waals surface area contributed by atoms with Crippen molar-refractivity contribution in [1.82, 2.24) is 59.3 Å². The summed E-state index contributed by atoms with van der Waals surface area (Å²) in [5.41, 5.74) is 4.30. The highest BCUT2D eigenvalue weighted by Gasteiger charge is 2.49. The van der Waals surface area contributed by atoms with Crippen molar-refractivity contribution in [2.24, 2.45) is 0 Å². The predicted octanol–water partition coefficient (Wildman–Crippen LogP) is 11.7. The lowest BCUT2D eigenvalue weighted by Gasteiger charge is -2.47. The number of pyridine rings is 2. The molecule has 12 heterocycles. The maximum Gasteiger partial charge on any atom is 0.293 e. The Kier molecular flexibility index (Phi) is 26.5. The molecule has 8 amide bonds. The number of aromatic nitrogens is 6. The first-order chi connectivity index (χ1) is 62.5. The average molecular weight is 1820 g/mol. The molecule has 2 saturated carbocycles. The van der Waals surface area contributed by atoms with Gasteiger partial charge in [0.05, 0.1) is 70.1 Å². The van der Waals surface area contributed by atoms with E-state index in [1.165, 1.54) is 0 Å². The molecule has 32 nitrogen and oxygen atoms in total. The lowest BCUT2D eigenvalue weighted by molar-refractivity contribution is -0.137. The number of fused-ring (bicyclic) bond motifs is 4. The number of halogens is 4. The lowest BCUT2D eigenvalue weighted by atomic mass is 9.82. The molecule has 8 aliphatic heterocycles. The third kappa shape index (κ3) is 18.7. The van der Waals surface area contributed by atoms with Crippen LogP contribution in [0.15, 0.2) is 107 Å². The highest BCUT2D eigenvalue weighted by atomic mass is 35.5. The molecular weight excluding hydrogens is 1720 g/mol. The number of imide groups is 4. The molecule has 4 N–H and O–H groups in total. The smallest absolute Gasteiger partial charge is 0.293 e. The molecule has 6 atom stereocenters. The van der Waals surface area contributed by atoms with E-state index in [0.29, 0.717) is 121 Å². The van der Waals surface area contributed by atoms with Crippen molar-refractivity contribution >= 4 is 139 Å². The van der Waals surface area contributed by atoms with Gasteiger partial charge in [-0.2, -0.15) is 9.97 Å². The van der Waals surface area contributed by atoms with Crippen molar-refractivity contribution in [1.29, 1.82) is 0 Å². The summed E-state index contributed by atoms with van der Waals surface area (Å²) in [6.45, 7) is 15.6. The number of anilines is 6. The monoisotopic (exact) mass is 1820 g/mol. The van der Waals surface area contributed by atoms with Crippen LogP contribution in [0.3, 0.4) is 0 Å². The minimum atomic E-state index is -1.16. The van der Waals surface area contributed by atoms with Crippen LogP contribution in [0.2, 0.25) is 10.0 Å².